The van der Waals surface area contributed by atoms with Crippen LogP contribution in [-0.4, -0.2) is 39.7 Å². The van der Waals surface area contributed by atoms with E-state index in [4.69, 9.17) is 0 Å². The van der Waals surface area contributed by atoms with Crippen LogP contribution in [0.2, 0.25) is 0 Å². The second-order valence-corrected chi connectivity index (χ2v) is 8.79. The Balaban J connectivity index is 1.62. The fourth-order valence-corrected chi connectivity index (χ4v) is 4.03. The van der Waals surface area contributed by atoms with E-state index in [1.807, 2.05) is 6.07 Å². The van der Waals surface area contributed by atoms with Crippen LogP contribution >= 0.6 is 0 Å². The summed E-state index contributed by atoms with van der Waals surface area (Å²) in [4.78, 5) is 14.6. The highest BCUT2D eigenvalue weighted by Crippen LogP contribution is 2.21. The van der Waals surface area contributed by atoms with Gasteiger partial charge in [0.2, 0.25) is 15.9 Å². The van der Waals surface area contributed by atoms with E-state index in [1.165, 1.54) is 12.1 Å². The van der Waals surface area contributed by atoms with E-state index in [0.29, 0.717) is 17.8 Å². The molecule has 0 radical (unpaired) electrons. The number of hydrogen-bond acceptors (Lipinski definition) is 4. The second kappa shape index (κ2) is 8.60. The molecule has 1 amide bonds. The third kappa shape index (κ3) is 5.69. The second-order valence-electron chi connectivity index (χ2n) is 7.04. The van der Waals surface area contributed by atoms with Gasteiger partial charge < -0.3 is 10.2 Å². The maximum Gasteiger partial charge on any atom is 0.229 e. The van der Waals surface area contributed by atoms with Crippen LogP contribution in [0.5, 0.6) is 0 Å². The van der Waals surface area contributed by atoms with Crippen LogP contribution in [0.15, 0.2) is 48.5 Å². The van der Waals surface area contributed by atoms with Crippen molar-refractivity contribution in [2.24, 2.45) is 0 Å². The van der Waals surface area contributed by atoms with E-state index >= 15 is 0 Å². The Kier molecular flexibility index (Phi) is 6.18. The lowest BCUT2D eigenvalue weighted by Crippen LogP contribution is -2.48. The van der Waals surface area contributed by atoms with Crippen molar-refractivity contribution in [1.82, 2.24) is 5.32 Å². The molecule has 1 heterocycles. The number of sulfonamides is 1. The average molecular weight is 405 g/mol. The molecule has 6 nitrogen and oxygen atoms in total. The molecule has 1 atom stereocenters. The van der Waals surface area contributed by atoms with Crippen molar-refractivity contribution in [3.63, 3.8) is 0 Å². The number of halogens is 1. The van der Waals surface area contributed by atoms with Crippen LogP contribution in [0, 0.1) is 5.82 Å². The smallest absolute Gasteiger partial charge is 0.229 e. The first-order chi connectivity index (χ1) is 13.3. The monoisotopic (exact) mass is 405 g/mol. The number of rotatable bonds is 6. The van der Waals surface area contributed by atoms with Crippen molar-refractivity contribution in [3.05, 3.63) is 59.9 Å². The van der Waals surface area contributed by atoms with Gasteiger partial charge in [-0.2, -0.15) is 0 Å². The molecule has 8 heteroatoms. The molecule has 0 bridgehead atoms. The van der Waals surface area contributed by atoms with Crippen molar-refractivity contribution in [2.75, 3.05) is 29.0 Å². The molecule has 1 aliphatic rings. The summed E-state index contributed by atoms with van der Waals surface area (Å²) in [6.45, 7) is 1.43. The number of nitrogens with one attached hydrogen (secondary N) is 2. The number of nitrogens with zero attached hydrogens (tertiary/aromatic N) is 1. The lowest BCUT2D eigenvalue weighted by molar-refractivity contribution is -0.121. The van der Waals surface area contributed by atoms with Crippen LogP contribution in [0.25, 0.3) is 0 Å². The Labute approximate surface area is 164 Å². The van der Waals surface area contributed by atoms with Crippen LogP contribution < -0.4 is 14.9 Å². The molecular formula is C20H24FN3O3S. The van der Waals surface area contributed by atoms with Gasteiger partial charge in [-0.1, -0.05) is 24.3 Å². The molecule has 0 aromatic heterocycles. The van der Waals surface area contributed by atoms with Crippen LogP contribution in [-0.2, 0) is 21.2 Å². The van der Waals surface area contributed by atoms with Crippen molar-refractivity contribution in [2.45, 2.75) is 25.3 Å². The van der Waals surface area contributed by atoms with E-state index in [2.05, 4.69) is 14.9 Å². The Morgan fingerprint density at radius 3 is 2.75 bits per heavy atom. The fraction of sp³-hybridized carbons (Fsp3) is 0.350. The Bertz CT molecular complexity index is 949. The standard InChI is InChI=1S/C20H24FN3O3S/c1-28(26,27)23-19-10-3-2-6-15(19)12-20(25)22-17-8-5-11-24(14-17)18-9-4-7-16(21)13-18/h2-4,6-7,9-10,13,17,23H,5,8,11-12,14H2,1H3,(H,22,25). The molecule has 28 heavy (non-hydrogen) atoms. The number of hydrogen-bond donors (Lipinski definition) is 2. The number of anilines is 2. The minimum atomic E-state index is -3.42. The normalized spacial score (nSPS) is 17.2. The molecule has 1 unspecified atom stereocenters. The summed E-state index contributed by atoms with van der Waals surface area (Å²) in [7, 11) is -3.42. The molecule has 2 aromatic rings. The number of para-hydroxylation sites is 1. The summed E-state index contributed by atoms with van der Waals surface area (Å²) >= 11 is 0. The van der Waals surface area contributed by atoms with Gasteiger partial charge in [-0.3, -0.25) is 9.52 Å². The molecule has 3 rings (SSSR count). The van der Waals surface area contributed by atoms with Gasteiger partial charge in [-0.25, -0.2) is 12.8 Å². The van der Waals surface area contributed by atoms with Gasteiger partial charge >= 0.3 is 0 Å². The van der Waals surface area contributed by atoms with Crippen LogP contribution in [0.1, 0.15) is 18.4 Å². The molecule has 0 saturated carbocycles. The van der Waals surface area contributed by atoms with Crippen molar-refractivity contribution < 1.29 is 17.6 Å². The Morgan fingerprint density at radius 2 is 2.00 bits per heavy atom. The number of benzene rings is 2. The first-order valence-corrected chi connectivity index (χ1v) is 11.0. The highest BCUT2D eigenvalue weighted by Gasteiger charge is 2.22. The quantitative estimate of drug-likeness (QED) is 0.774. The lowest BCUT2D eigenvalue weighted by Gasteiger charge is -2.34. The van der Waals surface area contributed by atoms with E-state index in [0.717, 1.165) is 31.3 Å². The van der Waals surface area contributed by atoms with Gasteiger partial charge in [0.05, 0.1) is 18.4 Å². The lowest BCUT2D eigenvalue weighted by atomic mass is 10.0. The van der Waals surface area contributed by atoms with Crippen LogP contribution in [0.4, 0.5) is 15.8 Å². The number of carbonyl (C=O) groups is 1. The maximum absolute atomic E-state index is 13.5. The highest BCUT2D eigenvalue weighted by atomic mass is 32.2. The summed E-state index contributed by atoms with van der Waals surface area (Å²) in [6.07, 6.45) is 2.90. The van der Waals surface area contributed by atoms with Gasteiger partial charge in [0.15, 0.2) is 0 Å². The molecule has 2 N–H and O–H groups in total. The van der Waals surface area contributed by atoms with Crippen molar-refractivity contribution in [1.29, 1.82) is 0 Å². The Hall–Kier alpha value is -2.61. The molecule has 0 aliphatic carbocycles. The van der Waals surface area contributed by atoms with Gasteiger partial charge in [0, 0.05) is 24.8 Å². The zero-order chi connectivity index (χ0) is 20.1. The summed E-state index contributed by atoms with van der Waals surface area (Å²) in [5.41, 5.74) is 1.83. The molecule has 0 spiro atoms. The topological polar surface area (TPSA) is 78.5 Å². The fourth-order valence-electron chi connectivity index (χ4n) is 3.43. The third-order valence-corrected chi connectivity index (χ3v) is 5.21. The molecule has 1 saturated heterocycles. The summed E-state index contributed by atoms with van der Waals surface area (Å²) in [5, 5.41) is 3.02. The number of carbonyl (C=O) groups excluding carboxylic acids is 1. The van der Waals surface area contributed by atoms with E-state index in [-0.39, 0.29) is 24.2 Å². The van der Waals surface area contributed by atoms with Crippen LogP contribution in [0.3, 0.4) is 0 Å². The SMILES string of the molecule is CS(=O)(=O)Nc1ccccc1CC(=O)NC1CCCN(c2cccc(F)c2)C1. The highest BCUT2D eigenvalue weighted by molar-refractivity contribution is 7.92. The Morgan fingerprint density at radius 1 is 1.21 bits per heavy atom. The molecule has 1 aliphatic heterocycles. The van der Waals surface area contributed by atoms with Gasteiger partial charge in [-0.15, -0.1) is 0 Å². The molecular weight excluding hydrogens is 381 g/mol. The predicted octanol–water partition coefficient (Wildman–Crippen LogP) is 2.52. The van der Waals surface area contributed by atoms with E-state index in [1.54, 1.807) is 30.3 Å². The average Bonchev–Trinajstić information content (AvgIpc) is 2.62. The summed E-state index contributed by atoms with van der Waals surface area (Å²) in [6, 6.07) is 13.3. The maximum atomic E-state index is 13.5. The summed E-state index contributed by atoms with van der Waals surface area (Å²) < 4.78 is 38.9. The first-order valence-electron chi connectivity index (χ1n) is 9.16. The number of piperidine rings is 1. The predicted molar refractivity (Wildman–Crippen MR) is 108 cm³/mol. The van der Waals surface area contributed by atoms with Gasteiger partial charge in [0.25, 0.3) is 0 Å². The largest absolute Gasteiger partial charge is 0.369 e. The van der Waals surface area contributed by atoms with Crippen molar-refractivity contribution in [3.8, 4) is 0 Å². The minimum Gasteiger partial charge on any atom is -0.369 e. The number of amides is 1. The molecule has 1 fully saturated rings. The van der Waals surface area contributed by atoms with Gasteiger partial charge in [-0.05, 0) is 42.7 Å². The molecule has 150 valence electrons. The first kappa shape index (κ1) is 20.1. The van der Waals surface area contributed by atoms with Gasteiger partial charge in [0.1, 0.15) is 5.82 Å². The molecule has 2 aromatic carbocycles. The van der Waals surface area contributed by atoms with Crippen molar-refractivity contribution >= 4 is 27.3 Å². The minimum absolute atomic E-state index is 0.0421. The van der Waals surface area contributed by atoms with E-state index < -0.39 is 10.0 Å². The summed E-state index contributed by atoms with van der Waals surface area (Å²) in [5.74, 6) is -0.451. The third-order valence-electron chi connectivity index (χ3n) is 4.62. The zero-order valence-electron chi connectivity index (χ0n) is 15.7. The zero-order valence-corrected chi connectivity index (χ0v) is 16.5. The van der Waals surface area contributed by atoms with E-state index in [9.17, 15) is 17.6 Å².